The van der Waals surface area contributed by atoms with Gasteiger partial charge >= 0.3 is 0 Å². The lowest BCUT2D eigenvalue weighted by Gasteiger charge is -2.17. The maximum Gasteiger partial charge on any atom is 0.252 e. The molecule has 0 saturated heterocycles. The van der Waals surface area contributed by atoms with Crippen LogP contribution in [0.2, 0.25) is 0 Å². The average molecular weight is 300 g/mol. The smallest absolute Gasteiger partial charge is 0.252 e. The summed E-state index contributed by atoms with van der Waals surface area (Å²) in [6.07, 6.45) is 2.49. The van der Waals surface area contributed by atoms with Crippen molar-refractivity contribution in [3.8, 4) is 0 Å². The minimum atomic E-state index is 0.535. The lowest BCUT2D eigenvalue weighted by Crippen LogP contribution is -2.21. The van der Waals surface area contributed by atoms with E-state index in [1.165, 1.54) is 12.0 Å². The van der Waals surface area contributed by atoms with Crippen LogP contribution in [0.15, 0.2) is 16.8 Å². The van der Waals surface area contributed by atoms with Crippen LogP contribution >= 0.6 is 0 Å². The van der Waals surface area contributed by atoms with Crippen LogP contribution in [0.3, 0.4) is 0 Å². The van der Waals surface area contributed by atoms with E-state index in [2.05, 4.69) is 37.9 Å². The van der Waals surface area contributed by atoms with Crippen LogP contribution in [0.4, 0.5) is 5.82 Å². The highest BCUT2D eigenvalue weighted by Crippen LogP contribution is 2.21. The summed E-state index contributed by atoms with van der Waals surface area (Å²) in [6.45, 7) is 7.65. The largest absolute Gasteiger partial charge is 0.422 e. The van der Waals surface area contributed by atoms with E-state index in [4.69, 9.17) is 4.42 Å². The molecule has 0 aliphatic heterocycles. The molecular weight excluding hydrogens is 280 g/mol. The Morgan fingerprint density at radius 2 is 2.05 bits per heavy atom. The zero-order valence-corrected chi connectivity index (χ0v) is 13.4. The van der Waals surface area contributed by atoms with Crippen LogP contribution in [0.1, 0.15) is 23.7 Å². The number of aryl methyl sites for hydroxylation is 4. The van der Waals surface area contributed by atoms with Crippen molar-refractivity contribution >= 4 is 17.0 Å². The number of anilines is 1. The van der Waals surface area contributed by atoms with Crippen molar-refractivity contribution in [1.29, 1.82) is 0 Å². The van der Waals surface area contributed by atoms with E-state index >= 15 is 0 Å². The summed E-state index contributed by atoms with van der Waals surface area (Å²) >= 11 is 0. The van der Waals surface area contributed by atoms with E-state index in [9.17, 15) is 0 Å². The number of nitrogens with zero attached hydrogens (tertiary/aromatic N) is 6. The Balaban J connectivity index is 1.68. The van der Waals surface area contributed by atoms with Crippen LogP contribution in [0.5, 0.6) is 0 Å². The van der Waals surface area contributed by atoms with Gasteiger partial charge in [0.25, 0.3) is 5.71 Å². The molecule has 0 saturated carbocycles. The standard InChI is InChI=1S/C15H20N6O/c1-10-8-11(2)21(19-10)7-5-6-20(4)14-13-15(17-9-16-14)22-12(3)18-13/h8-9H,5-7H2,1-4H3. The van der Waals surface area contributed by atoms with E-state index in [0.717, 1.165) is 31.0 Å². The summed E-state index contributed by atoms with van der Waals surface area (Å²) in [7, 11) is 2.01. The zero-order chi connectivity index (χ0) is 15.7. The molecule has 3 heterocycles. The second kappa shape index (κ2) is 5.75. The molecule has 22 heavy (non-hydrogen) atoms. The van der Waals surface area contributed by atoms with E-state index < -0.39 is 0 Å². The van der Waals surface area contributed by atoms with Gasteiger partial charge in [-0.15, -0.1) is 0 Å². The molecule has 0 aliphatic rings. The third-order valence-corrected chi connectivity index (χ3v) is 3.61. The molecule has 0 unspecified atom stereocenters. The molecule has 7 heteroatoms. The van der Waals surface area contributed by atoms with Gasteiger partial charge in [-0.05, 0) is 26.3 Å². The molecule has 0 spiro atoms. The normalized spacial score (nSPS) is 11.3. The van der Waals surface area contributed by atoms with E-state index in [0.29, 0.717) is 17.1 Å². The predicted octanol–water partition coefficient (Wildman–Crippen LogP) is 2.27. The summed E-state index contributed by atoms with van der Waals surface area (Å²) in [5.41, 5.74) is 3.50. The van der Waals surface area contributed by atoms with Crippen LogP contribution in [0.25, 0.3) is 11.2 Å². The van der Waals surface area contributed by atoms with Gasteiger partial charge in [0.1, 0.15) is 6.33 Å². The summed E-state index contributed by atoms with van der Waals surface area (Å²) in [5, 5.41) is 4.48. The van der Waals surface area contributed by atoms with E-state index in [1.807, 2.05) is 25.6 Å². The van der Waals surface area contributed by atoms with Crippen molar-refractivity contribution in [2.45, 2.75) is 33.7 Å². The van der Waals surface area contributed by atoms with Gasteiger partial charge in [-0.3, -0.25) is 4.68 Å². The lowest BCUT2D eigenvalue weighted by molar-refractivity contribution is 0.550. The first-order valence-corrected chi connectivity index (χ1v) is 7.35. The van der Waals surface area contributed by atoms with Gasteiger partial charge in [-0.2, -0.15) is 10.1 Å². The third-order valence-electron chi connectivity index (χ3n) is 3.61. The number of hydrogen-bond acceptors (Lipinski definition) is 6. The van der Waals surface area contributed by atoms with Crippen LogP contribution in [0, 0.1) is 20.8 Å². The van der Waals surface area contributed by atoms with Crippen LogP contribution in [-0.4, -0.2) is 38.3 Å². The zero-order valence-electron chi connectivity index (χ0n) is 13.4. The maximum absolute atomic E-state index is 5.45. The van der Waals surface area contributed by atoms with Crippen molar-refractivity contribution in [1.82, 2.24) is 24.7 Å². The van der Waals surface area contributed by atoms with Crippen LogP contribution < -0.4 is 4.90 Å². The second-order valence-electron chi connectivity index (χ2n) is 5.51. The predicted molar refractivity (Wildman–Crippen MR) is 83.9 cm³/mol. The Labute approximate surface area is 129 Å². The molecule has 0 aromatic carbocycles. The molecular formula is C15H20N6O. The minimum Gasteiger partial charge on any atom is -0.422 e. The van der Waals surface area contributed by atoms with E-state index in [-0.39, 0.29) is 0 Å². The number of oxazole rings is 1. The third kappa shape index (κ3) is 2.79. The number of fused-ring (bicyclic) bond motifs is 1. The quantitative estimate of drug-likeness (QED) is 0.719. The van der Waals surface area contributed by atoms with Gasteiger partial charge in [0.15, 0.2) is 17.2 Å². The van der Waals surface area contributed by atoms with Crippen molar-refractivity contribution in [3.63, 3.8) is 0 Å². The molecule has 3 aromatic heterocycles. The Kier molecular flexibility index (Phi) is 3.79. The van der Waals surface area contributed by atoms with Gasteiger partial charge in [-0.25, -0.2) is 9.97 Å². The van der Waals surface area contributed by atoms with Crippen molar-refractivity contribution in [2.24, 2.45) is 0 Å². The van der Waals surface area contributed by atoms with Crippen molar-refractivity contribution in [3.05, 3.63) is 29.7 Å². The molecule has 0 atom stereocenters. The Bertz CT molecular complexity index is 791. The topological polar surface area (TPSA) is 72.9 Å². The first-order valence-electron chi connectivity index (χ1n) is 7.35. The molecule has 0 N–H and O–H groups in total. The summed E-state index contributed by atoms with van der Waals surface area (Å²) in [5.74, 6) is 1.41. The molecule has 3 rings (SSSR count). The number of aromatic nitrogens is 5. The SMILES string of the molecule is Cc1cc(C)n(CCCN(C)c2ncnc3oc(C)nc23)n1. The fourth-order valence-electron chi connectivity index (χ4n) is 2.59. The fourth-order valence-corrected chi connectivity index (χ4v) is 2.59. The summed E-state index contributed by atoms with van der Waals surface area (Å²) in [4.78, 5) is 14.9. The summed E-state index contributed by atoms with van der Waals surface area (Å²) in [6, 6.07) is 2.09. The number of rotatable bonds is 5. The summed E-state index contributed by atoms with van der Waals surface area (Å²) < 4.78 is 7.49. The van der Waals surface area contributed by atoms with Gasteiger partial charge in [0.05, 0.1) is 5.69 Å². The molecule has 116 valence electrons. The molecule has 0 aliphatic carbocycles. The highest BCUT2D eigenvalue weighted by Gasteiger charge is 2.13. The molecule has 0 amide bonds. The Hall–Kier alpha value is -2.44. The Morgan fingerprint density at radius 3 is 2.77 bits per heavy atom. The Morgan fingerprint density at radius 1 is 1.23 bits per heavy atom. The molecule has 7 nitrogen and oxygen atoms in total. The molecule has 0 bridgehead atoms. The molecule has 0 radical (unpaired) electrons. The number of hydrogen-bond donors (Lipinski definition) is 0. The van der Waals surface area contributed by atoms with Crippen LogP contribution in [-0.2, 0) is 6.54 Å². The van der Waals surface area contributed by atoms with Crippen molar-refractivity contribution in [2.75, 3.05) is 18.5 Å². The van der Waals surface area contributed by atoms with Gasteiger partial charge < -0.3 is 9.32 Å². The van der Waals surface area contributed by atoms with Gasteiger partial charge in [-0.1, -0.05) is 0 Å². The second-order valence-corrected chi connectivity index (χ2v) is 5.51. The van der Waals surface area contributed by atoms with Gasteiger partial charge in [0, 0.05) is 32.8 Å². The molecule has 0 fully saturated rings. The maximum atomic E-state index is 5.45. The molecule has 3 aromatic rings. The monoisotopic (exact) mass is 300 g/mol. The minimum absolute atomic E-state index is 0.535. The fraction of sp³-hybridized carbons (Fsp3) is 0.467. The van der Waals surface area contributed by atoms with Crippen molar-refractivity contribution < 1.29 is 4.42 Å². The van der Waals surface area contributed by atoms with Gasteiger partial charge in [0.2, 0.25) is 0 Å². The first kappa shape index (κ1) is 14.5. The first-order chi connectivity index (χ1) is 10.5. The highest BCUT2D eigenvalue weighted by atomic mass is 16.4. The van der Waals surface area contributed by atoms with E-state index in [1.54, 1.807) is 0 Å². The highest BCUT2D eigenvalue weighted by molar-refractivity contribution is 5.81. The average Bonchev–Trinajstić information content (AvgIpc) is 2.99. The lowest BCUT2D eigenvalue weighted by atomic mass is 10.3.